The van der Waals surface area contributed by atoms with Crippen LogP contribution in [0.4, 0.5) is 8.78 Å². The number of carbonyl (C=O) groups excluding carboxylic acids is 1. The van der Waals surface area contributed by atoms with Crippen LogP contribution < -0.4 is 5.32 Å². The average molecular weight is 243 g/mol. The fraction of sp³-hybridized carbons (Fsp3) is 0.417. The fourth-order valence-electron chi connectivity index (χ4n) is 1.21. The summed E-state index contributed by atoms with van der Waals surface area (Å²) in [5, 5.41) is 11.9. The van der Waals surface area contributed by atoms with Gasteiger partial charge in [0, 0.05) is 6.54 Å². The molecule has 0 bridgehead atoms. The molecule has 0 saturated carbocycles. The van der Waals surface area contributed by atoms with Gasteiger partial charge in [0.05, 0.1) is 12.0 Å². The van der Waals surface area contributed by atoms with E-state index in [9.17, 15) is 18.7 Å². The first kappa shape index (κ1) is 13.6. The first-order chi connectivity index (χ1) is 7.78. The van der Waals surface area contributed by atoms with Crippen LogP contribution in [0.5, 0.6) is 0 Å². The first-order valence-corrected chi connectivity index (χ1v) is 5.21. The Kier molecular flexibility index (Phi) is 4.17. The molecule has 94 valence electrons. The SMILES string of the molecule is CC(C)(O)CNC(=O)Cc1ccc(F)c(F)c1. The summed E-state index contributed by atoms with van der Waals surface area (Å²) >= 11 is 0. The molecule has 1 aromatic carbocycles. The lowest BCUT2D eigenvalue weighted by atomic mass is 10.1. The summed E-state index contributed by atoms with van der Waals surface area (Å²) in [4.78, 5) is 11.4. The Morgan fingerprint density at radius 1 is 1.35 bits per heavy atom. The molecular weight excluding hydrogens is 228 g/mol. The number of aliphatic hydroxyl groups is 1. The highest BCUT2D eigenvalue weighted by Gasteiger charge is 2.14. The molecule has 1 amide bonds. The molecule has 0 heterocycles. The third kappa shape index (κ3) is 4.91. The minimum atomic E-state index is -0.996. The predicted octanol–water partition coefficient (Wildman–Crippen LogP) is 1.39. The number of carbonyl (C=O) groups is 1. The van der Waals surface area contributed by atoms with E-state index in [0.717, 1.165) is 12.1 Å². The van der Waals surface area contributed by atoms with E-state index in [1.807, 2.05) is 0 Å². The molecular formula is C12H15F2NO2. The highest BCUT2D eigenvalue weighted by molar-refractivity contribution is 5.78. The second kappa shape index (κ2) is 5.23. The smallest absolute Gasteiger partial charge is 0.224 e. The third-order valence-corrected chi connectivity index (χ3v) is 2.07. The molecule has 0 unspecified atom stereocenters. The predicted molar refractivity (Wildman–Crippen MR) is 59.4 cm³/mol. The molecule has 0 aliphatic heterocycles. The van der Waals surface area contributed by atoms with Gasteiger partial charge in [-0.3, -0.25) is 4.79 Å². The van der Waals surface area contributed by atoms with E-state index < -0.39 is 17.2 Å². The van der Waals surface area contributed by atoms with Crippen LogP contribution in [-0.4, -0.2) is 23.2 Å². The molecule has 5 heteroatoms. The monoisotopic (exact) mass is 243 g/mol. The molecule has 0 radical (unpaired) electrons. The number of halogens is 2. The van der Waals surface area contributed by atoms with Crippen LogP contribution in [0.2, 0.25) is 0 Å². The topological polar surface area (TPSA) is 49.3 Å². The lowest BCUT2D eigenvalue weighted by molar-refractivity contribution is -0.121. The maximum absolute atomic E-state index is 12.9. The third-order valence-electron chi connectivity index (χ3n) is 2.07. The standard InChI is InChI=1S/C12H15F2NO2/c1-12(2,17)7-15-11(16)6-8-3-4-9(13)10(14)5-8/h3-5,17H,6-7H2,1-2H3,(H,15,16). The Morgan fingerprint density at radius 3 is 2.53 bits per heavy atom. The summed E-state index contributed by atoms with van der Waals surface area (Å²) in [5.41, 5.74) is -0.610. The highest BCUT2D eigenvalue weighted by Crippen LogP contribution is 2.09. The van der Waals surface area contributed by atoms with Gasteiger partial charge in [-0.15, -0.1) is 0 Å². The number of nitrogens with one attached hydrogen (secondary N) is 1. The van der Waals surface area contributed by atoms with Gasteiger partial charge in [0.1, 0.15) is 0 Å². The van der Waals surface area contributed by atoms with Gasteiger partial charge in [-0.25, -0.2) is 8.78 Å². The summed E-state index contributed by atoms with van der Waals surface area (Å²) in [5.74, 6) is -2.26. The lowest BCUT2D eigenvalue weighted by Gasteiger charge is -2.17. The Balaban J connectivity index is 2.54. The zero-order valence-corrected chi connectivity index (χ0v) is 9.76. The maximum atomic E-state index is 12.9. The van der Waals surface area contributed by atoms with Gasteiger partial charge in [0.25, 0.3) is 0 Å². The Bertz CT molecular complexity index is 413. The van der Waals surface area contributed by atoms with Crippen molar-refractivity contribution in [1.29, 1.82) is 0 Å². The highest BCUT2D eigenvalue weighted by atomic mass is 19.2. The number of amides is 1. The van der Waals surface area contributed by atoms with Crippen molar-refractivity contribution in [2.24, 2.45) is 0 Å². The van der Waals surface area contributed by atoms with E-state index in [0.29, 0.717) is 5.56 Å². The Labute approximate surface area is 98.5 Å². The Morgan fingerprint density at radius 2 is 2.00 bits per heavy atom. The summed E-state index contributed by atoms with van der Waals surface area (Å²) in [7, 11) is 0. The van der Waals surface area contributed by atoms with E-state index in [1.54, 1.807) is 13.8 Å². The first-order valence-electron chi connectivity index (χ1n) is 5.21. The molecule has 0 spiro atoms. The summed E-state index contributed by atoms with van der Waals surface area (Å²) in [6.07, 6.45) is -0.0483. The molecule has 2 N–H and O–H groups in total. The molecule has 0 aliphatic carbocycles. The molecule has 0 saturated heterocycles. The minimum absolute atomic E-state index is 0.0483. The summed E-state index contributed by atoms with van der Waals surface area (Å²) in [6.45, 7) is 3.23. The average Bonchev–Trinajstić information content (AvgIpc) is 2.20. The zero-order valence-electron chi connectivity index (χ0n) is 9.76. The normalized spacial score (nSPS) is 11.4. The van der Waals surface area contributed by atoms with Crippen molar-refractivity contribution in [2.75, 3.05) is 6.54 Å². The van der Waals surface area contributed by atoms with E-state index in [1.165, 1.54) is 6.07 Å². The molecule has 17 heavy (non-hydrogen) atoms. The largest absolute Gasteiger partial charge is 0.389 e. The van der Waals surface area contributed by atoms with E-state index in [4.69, 9.17) is 0 Å². The zero-order chi connectivity index (χ0) is 13.1. The fourth-order valence-corrected chi connectivity index (χ4v) is 1.21. The van der Waals surface area contributed by atoms with Gasteiger partial charge in [0.15, 0.2) is 11.6 Å². The number of benzene rings is 1. The lowest BCUT2D eigenvalue weighted by Crippen LogP contribution is -2.38. The molecule has 1 aromatic rings. The van der Waals surface area contributed by atoms with Crippen molar-refractivity contribution < 1.29 is 18.7 Å². The van der Waals surface area contributed by atoms with Crippen LogP contribution in [0.3, 0.4) is 0 Å². The van der Waals surface area contributed by atoms with Crippen molar-refractivity contribution in [1.82, 2.24) is 5.32 Å². The van der Waals surface area contributed by atoms with Crippen LogP contribution in [0.25, 0.3) is 0 Å². The molecule has 3 nitrogen and oxygen atoms in total. The van der Waals surface area contributed by atoms with Crippen LogP contribution in [0.15, 0.2) is 18.2 Å². The van der Waals surface area contributed by atoms with Gasteiger partial charge in [-0.05, 0) is 31.5 Å². The van der Waals surface area contributed by atoms with Gasteiger partial charge in [-0.1, -0.05) is 6.07 Å². The molecule has 0 fully saturated rings. The summed E-state index contributed by atoms with van der Waals surface area (Å²) < 4.78 is 25.5. The van der Waals surface area contributed by atoms with Crippen molar-refractivity contribution in [3.8, 4) is 0 Å². The van der Waals surface area contributed by atoms with Gasteiger partial charge < -0.3 is 10.4 Å². The Hall–Kier alpha value is -1.49. The van der Waals surface area contributed by atoms with E-state index in [2.05, 4.69) is 5.32 Å². The van der Waals surface area contributed by atoms with Crippen molar-refractivity contribution in [3.05, 3.63) is 35.4 Å². The minimum Gasteiger partial charge on any atom is -0.389 e. The van der Waals surface area contributed by atoms with Crippen LogP contribution in [0.1, 0.15) is 19.4 Å². The van der Waals surface area contributed by atoms with Crippen LogP contribution in [0, 0.1) is 11.6 Å². The number of hydrogen-bond acceptors (Lipinski definition) is 2. The molecule has 0 aromatic heterocycles. The summed E-state index contributed by atoms with van der Waals surface area (Å²) in [6, 6.07) is 3.31. The number of hydrogen-bond donors (Lipinski definition) is 2. The van der Waals surface area contributed by atoms with Gasteiger partial charge in [-0.2, -0.15) is 0 Å². The van der Waals surface area contributed by atoms with Crippen molar-refractivity contribution >= 4 is 5.91 Å². The van der Waals surface area contributed by atoms with Crippen molar-refractivity contribution in [2.45, 2.75) is 25.9 Å². The van der Waals surface area contributed by atoms with Gasteiger partial charge in [0.2, 0.25) is 5.91 Å². The van der Waals surface area contributed by atoms with Gasteiger partial charge >= 0.3 is 0 Å². The number of rotatable bonds is 4. The molecule has 1 rings (SSSR count). The van der Waals surface area contributed by atoms with Crippen molar-refractivity contribution in [3.63, 3.8) is 0 Å². The second-order valence-corrected chi connectivity index (χ2v) is 4.51. The van der Waals surface area contributed by atoms with E-state index >= 15 is 0 Å². The second-order valence-electron chi connectivity index (χ2n) is 4.51. The maximum Gasteiger partial charge on any atom is 0.224 e. The molecule has 0 atom stereocenters. The van der Waals surface area contributed by atoms with Crippen LogP contribution >= 0.6 is 0 Å². The molecule has 0 aliphatic rings. The quantitative estimate of drug-likeness (QED) is 0.839. The van der Waals surface area contributed by atoms with E-state index in [-0.39, 0.29) is 18.9 Å². The van der Waals surface area contributed by atoms with Crippen LogP contribution in [-0.2, 0) is 11.2 Å².